The Labute approximate surface area is 147 Å². The second-order valence-electron chi connectivity index (χ2n) is 6.09. The molecule has 2 aromatic rings. The molecule has 0 aliphatic heterocycles. The molecule has 1 atom stereocenters. The fraction of sp³-hybridized carbons (Fsp3) is 0.300. The Balaban J connectivity index is 1.43. The highest BCUT2D eigenvalue weighted by Crippen LogP contribution is 2.29. The van der Waals surface area contributed by atoms with Gasteiger partial charge in [-0.3, -0.25) is 9.59 Å². The van der Waals surface area contributed by atoms with Crippen LogP contribution in [0, 0.1) is 0 Å². The lowest BCUT2D eigenvalue weighted by Crippen LogP contribution is -2.40. The van der Waals surface area contributed by atoms with Gasteiger partial charge in [-0.05, 0) is 42.5 Å². The zero-order valence-electron chi connectivity index (χ0n) is 14.0. The number of hydrogen-bond acceptors (Lipinski definition) is 3. The number of carbonyl (C=O) groups excluding carboxylic acids is 2. The quantitative estimate of drug-likeness (QED) is 0.850. The molecule has 2 amide bonds. The molecular weight excluding hydrogens is 316 g/mol. The smallest absolute Gasteiger partial charge is 0.258 e. The van der Waals surface area contributed by atoms with Crippen molar-refractivity contribution in [3.05, 3.63) is 65.7 Å². The average molecular weight is 338 g/mol. The van der Waals surface area contributed by atoms with Crippen LogP contribution in [0.3, 0.4) is 0 Å². The van der Waals surface area contributed by atoms with E-state index in [9.17, 15) is 9.59 Å². The van der Waals surface area contributed by atoms with Crippen molar-refractivity contribution in [2.24, 2.45) is 0 Å². The second kappa shape index (κ2) is 8.33. The molecule has 0 unspecified atom stereocenters. The van der Waals surface area contributed by atoms with Gasteiger partial charge in [0.15, 0.2) is 6.61 Å². The Bertz CT molecular complexity index is 731. The van der Waals surface area contributed by atoms with Crippen LogP contribution in [0.4, 0.5) is 0 Å². The predicted molar refractivity (Wildman–Crippen MR) is 95.2 cm³/mol. The molecule has 1 aliphatic rings. The highest BCUT2D eigenvalue weighted by molar-refractivity contribution is 5.85. The van der Waals surface area contributed by atoms with Crippen LogP contribution in [0.15, 0.2) is 54.6 Å². The molecule has 0 fully saturated rings. The van der Waals surface area contributed by atoms with Crippen molar-refractivity contribution < 1.29 is 14.3 Å². The molecule has 5 heteroatoms. The first-order chi connectivity index (χ1) is 12.2. The standard InChI is InChI=1S/C20H22N2O3/c23-19(13-21-20(24)14-25-16-9-2-1-3-10-16)22-18-12-6-8-15-7-4-5-11-17(15)18/h1-5,7,9-11,18H,6,8,12-14H2,(H,21,24)(H,22,23)/t18-/m1/s1. The lowest BCUT2D eigenvalue weighted by atomic mass is 9.88. The maximum atomic E-state index is 12.1. The molecule has 5 nitrogen and oxygen atoms in total. The van der Waals surface area contributed by atoms with Gasteiger partial charge < -0.3 is 15.4 Å². The van der Waals surface area contributed by atoms with Gasteiger partial charge in [-0.2, -0.15) is 0 Å². The van der Waals surface area contributed by atoms with Gasteiger partial charge in [-0.25, -0.2) is 0 Å². The Morgan fingerprint density at radius 2 is 1.76 bits per heavy atom. The molecule has 2 N–H and O–H groups in total. The third-order valence-electron chi connectivity index (χ3n) is 4.26. The number of amides is 2. The summed E-state index contributed by atoms with van der Waals surface area (Å²) in [7, 11) is 0. The molecule has 0 bridgehead atoms. The van der Waals surface area contributed by atoms with Crippen molar-refractivity contribution in [2.45, 2.75) is 25.3 Å². The fourth-order valence-electron chi connectivity index (χ4n) is 3.04. The third-order valence-corrected chi connectivity index (χ3v) is 4.26. The van der Waals surface area contributed by atoms with Crippen LogP contribution in [0.5, 0.6) is 5.75 Å². The molecule has 25 heavy (non-hydrogen) atoms. The number of ether oxygens (including phenoxy) is 1. The minimum absolute atomic E-state index is 0.0231. The van der Waals surface area contributed by atoms with Crippen molar-refractivity contribution >= 4 is 11.8 Å². The molecule has 130 valence electrons. The Kier molecular flexibility index (Phi) is 5.67. The number of nitrogens with one attached hydrogen (secondary N) is 2. The van der Waals surface area contributed by atoms with Gasteiger partial charge in [-0.1, -0.05) is 42.5 Å². The van der Waals surface area contributed by atoms with Crippen LogP contribution < -0.4 is 15.4 Å². The van der Waals surface area contributed by atoms with E-state index in [-0.39, 0.29) is 31.0 Å². The third kappa shape index (κ3) is 4.83. The minimum atomic E-state index is -0.317. The van der Waals surface area contributed by atoms with Crippen LogP contribution in [-0.4, -0.2) is 25.0 Å². The van der Waals surface area contributed by atoms with E-state index < -0.39 is 0 Å². The number of fused-ring (bicyclic) bond motifs is 1. The lowest BCUT2D eigenvalue weighted by molar-refractivity contribution is -0.127. The number of rotatable bonds is 6. The van der Waals surface area contributed by atoms with Gasteiger partial charge in [0.1, 0.15) is 5.75 Å². The molecule has 0 spiro atoms. The van der Waals surface area contributed by atoms with Gasteiger partial charge in [0.25, 0.3) is 5.91 Å². The highest BCUT2D eigenvalue weighted by atomic mass is 16.5. The molecule has 0 radical (unpaired) electrons. The summed E-state index contributed by atoms with van der Waals surface area (Å²) in [6, 6.07) is 17.3. The SMILES string of the molecule is O=C(COc1ccccc1)NCC(=O)N[C@@H]1CCCc2ccccc21. The van der Waals surface area contributed by atoms with E-state index in [1.165, 1.54) is 11.1 Å². The summed E-state index contributed by atoms with van der Waals surface area (Å²) in [4.78, 5) is 23.9. The van der Waals surface area contributed by atoms with E-state index in [1.54, 1.807) is 12.1 Å². The summed E-state index contributed by atoms with van der Waals surface area (Å²) in [5.74, 6) is 0.124. The number of aryl methyl sites for hydroxylation is 1. The minimum Gasteiger partial charge on any atom is -0.484 e. The molecular formula is C20H22N2O3. The van der Waals surface area contributed by atoms with Crippen molar-refractivity contribution in [1.82, 2.24) is 10.6 Å². The molecule has 0 saturated carbocycles. The van der Waals surface area contributed by atoms with Gasteiger partial charge in [0.05, 0.1) is 12.6 Å². The number of carbonyl (C=O) groups is 2. The normalized spacial score (nSPS) is 15.8. The van der Waals surface area contributed by atoms with E-state index in [0.29, 0.717) is 5.75 Å². The van der Waals surface area contributed by atoms with Gasteiger partial charge in [0, 0.05) is 0 Å². The van der Waals surface area contributed by atoms with Crippen LogP contribution in [-0.2, 0) is 16.0 Å². The number of hydrogen-bond donors (Lipinski definition) is 2. The number of benzene rings is 2. The zero-order chi connectivity index (χ0) is 17.5. The first-order valence-electron chi connectivity index (χ1n) is 8.54. The van der Waals surface area contributed by atoms with Crippen LogP contribution in [0.1, 0.15) is 30.0 Å². The summed E-state index contributed by atoms with van der Waals surface area (Å²) < 4.78 is 5.35. The maximum Gasteiger partial charge on any atom is 0.258 e. The molecule has 0 heterocycles. The topological polar surface area (TPSA) is 67.4 Å². The summed E-state index contributed by atoms with van der Waals surface area (Å²) >= 11 is 0. The van der Waals surface area contributed by atoms with Gasteiger partial charge in [-0.15, -0.1) is 0 Å². The van der Waals surface area contributed by atoms with Crippen molar-refractivity contribution in [3.63, 3.8) is 0 Å². The van der Waals surface area contributed by atoms with E-state index in [0.717, 1.165) is 19.3 Å². The molecule has 0 saturated heterocycles. The summed E-state index contributed by atoms with van der Waals surface area (Å²) in [5, 5.41) is 5.60. The zero-order valence-corrected chi connectivity index (χ0v) is 14.0. The van der Waals surface area contributed by atoms with Gasteiger partial charge in [0.2, 0.25) is 5.91 Å². The average Bonchev–Trinajstić information content (AvgIpc) is 2.66. The van der Waals surface area contributed by atoms with E-state index in [2.05, 4.69) is 22.8 Å². The van der Waals surface area contributed by atoms with Crippen LogP contribution >= 0.6 is 0 Å². The summed E-state index contributed by atoms with van der Waals surface area (Å²) in [6.45, 7) is -0.154. The van der Waals surface area contributed by atoms with Crippen molar-refractivity contribution in [1.29, 1.82) is 0 Å². The Hall–Kier alpha value is -2.82. The predicted octanol–water partition coefficient (Wildman–Crippen LogP) is 2.38. The lowest BCUT2D eigenvalue weighted by Gasteiger charge is -2.26. The van der Waals surface area contributed by atoms with Crippen LogP contribution in [0.25, 0.3) is 0 Å². The molecule has 3 rings (SSSR count). The second-order valence-corrected chi connectivity index (χ2v) is 6.09. The Morgan fingerprint density at radius 1 is 1.00 bits per heavy atom. The molecule has 0 aromatic heterocycles. The summed E-state index contributed by atoms with van der Waals surface area (Å²) in [5.41, 5.74) is 2.47. The van der Waals surface area contributed by atoms with E-state index in [1.807, 2.05) is 30.3 Å². The van der Waals surface area contributed by atoms with Crippen molar-refractivity contribution in [3.8, 4) is 5.75 Å². The Morgan fingerprint density at radius 3 is 2.60 bits per heavy atom. The number of para-hydroxylation sites is 1. The van der Waals surface area contributed by atoms with Crippen molar-refractivity contribution in [2.75, 3.05) is 13.2 Å². The summed E-state index contributed by atoms with van der Waals surface area (Å²) in [6.07, 6.45) is 3.03. The highest BCUT2D eigenvalue weighted by Gasteiger charge is 2.21. The fourth-order valence-corrected chi connectivity index (χ4v) is 3.04. The molecule has 1 aliphatic carbocycles. The van der Waals surface area contributed by atoms with E-state index >= 15 is 0 Å². The first kappa shape index (κ1) is 17.0. The monoisotopic (exact) mass is 338 g/mol. The largest absolute Gasteiger partial charge is 0.484 e. The molecule has 2 aromatic carbocycles. The van der Waals surface area contributed by atoms with Gasteiger partial charge >= 0.3 is 0 Å². The van der Waals surface area contributed by atoms with Crippen LogP contribution in [0.2, 0.25) is 0 Å². The maximum absolute atomic E-state index is 12.1. The van der Waals surface area contributed by atoms with E-state index in [4.69, 9.17) is 4.74 Å². The first-order valence-corrected chi connectivity index (χ1v) is 8.54.